The zero-order valence-electron chi connectivity index (χ0n) is 11.7. The van der Waals surface area contributed by atoms with Crippen LogP contribution < -0.4 is 14.8 Å². The number of amides is 1. The van der Waals surface area contributed by atoms with Crippen molar-refractivity contribution < 1.29 is 14.3 Å². The molecule has 0 radical (unpaired) electrons. The predicted molar refractivity (Wildman–Crippen MR) is 89.2 cm³/mol. The Balaban J connectivity index is 1.73. The first kappa shape index (κ1) is 14.7. The third kappa shape index (κ3) is 3.49. The number of fused-ring (bicyclic) bond motifs is 1. The molecule has 0 fully saturated rings. The Morgan fingerprint density at radius 3 is 2.50 bits per heavy atom. The van der Waals surface area contributed by atoms with Gasteiger partial charge in [0.05, 0.1) is 5.69 Å². The van der Waals surface area contributed by atoms with Gasteiger partial charge in [-0.2, -0.15) is 0 Å². The maximum Gasteiger partial charge on any atom is 0.248 e. The van der Waals surface area contributed by atoms with Crippen molar-refractivity contribution in [3.8, 4) is 11.5 Å². The molecule has 0 aliphatic carbocycles. The molecule has 22 heavy (non-hydrogen) atoms. The van der Waals surface area contributed by atoms with Gasteiger partial charge in [0.15, 0.2) is 11.5 Å². The Hall–Kier alpha value is -2.27. The second-order valence-corrected chi connectivity index (χ2v) is 5.56. The molecule has 2 aromatic carbocycles. The molecule has 0 saturated heterocycles. The smallest absolute Gasteiger partial charge is 0.248 e. The minimum Gasteiger partial charge on any atom is -0.486 e. The number of carbonyl (C=O) groups is 1. The highest BCUT2D eigenvalue weighted by atomic mass is 79.9. The summed E-state index contributed by atoms with van der Waals surface area (Å²) < 4.78 is 11.8. The van der Waals surface area contributed by atoms with Crippen LogP contribution in [0.1, 0.15) is 5.56 Å². The molecule has 0 bridgehead atoms. The van der Waals surface area contributed by atoms with Gasteiger partial charge >= 0.3 is 0 Å². The summed E-state index contributed by atoms with van der Waals surface area (Å²) in [5, 5.41) is 2.82. The van der Waals surface area contributed by atoms with Crippen molar-refractivity contribution in [1.29, 1.82) is 0 Å². The van der Waals surface area contributed by atoms with Gasteiger partial charge in [-0.15, -0.1) is 0 Å². The van der Waals surface area contributed by atoms with E-state index < -0.39 is 0 Å². The molecular weight excluding hydrogens is 346 g/mol. The number of rotatable bonds is 3. The largest absolute Gasteiger partial charge is 0.486 e. The van der Waals surface area contributed by atoms with E-state index in [9.17, 15) is 4.79 Å². The highest BCUT2D eigenvalue weighted by Crippen LogP contribution is 2.38. The molecule has 0 unspecified atom stereocenters. The van der Waals surface area contributed by atoms with Gasteiger partial charge in [-0.1, -0.05) is 30.3 Å². The summed E-state index contributed by atoms with van der Waals surface area (Å²) in [4.78, 5) is 12.0. The van der Waals surface area contributed by atoms with E-state index in [0.717, 1.165) is 10.0 Å². The summed E-state index contributed by atoms with van der Waals surface area (Å²) in [5.74, 6) is 1.11. The van der Waals surface area contributed by atoms with Gasteiger partial charge < -0.3 is 14.8 Å². The van der Waals surface area contributed by atoms with Crippen LogP contribution in [-0.2, 0) is 4.79 Å². The van der Waals surface area contributed by atoms with Crippen LogP contribution in [0.15, 0.2) is 53.0 Å². The van der Waals surface area contributed by atoms with Crippen molar-refractivity contribution in [3.05, 3.63) is 58.6 Å². The molecule has 3 rings (SSSR count). The summed E-state index contributed by atoms with van der Waals surface area (Å²) in [5.41, 5.74) is 1.62. The Kier molecular flexibility index (Phi) is 4.44. The topological polar surface area (TPSA) is 47.6 Å². The van der Waals surface area contributed by atoms with Gasteiger partial charge in [-0.3, -0.25) is 4.79 Å². The Labute approximate surface area is 136 Å². The number of hydrogen-bond acceptors (Lipinski definition) is 3. The van der Waals surface area contributed by atoms with Crippen molar-refractivity contribution in [3.63, 3.8) is 0 Å². The normalized spacial score (nSPS) is 13.1. The van der Waals surface area contributed by atoms with Crippen LogP contribution in [0, 0.1) is 0 Å². The number of halogens is 1. The first-order valence-electron chi connectivity index (χ1n) is 6.85. The molecule has 0 aromatic heterocycles. The molecule has 1 aliphatic rings. The molecule has 1 aliphatic heterocycles. The van der Waals surface area contributed by atoms with E-state index >= 15 is 0 Å². The molecule has 4 nitrogen and oxygen atoms in total. The molecule has 0 atom stereocenters. The number of carbonyl (C=O) groups excluding carboxylic acids is 1. The van der Waals surface area contributed by atoms with Crippen LogP contribution >= 0.6 is 15.9 Å². The third-order valence-electron chi connectivity index (χ3n) is 3.12. The Morgan fingerprint density at radius 1 is 1.09 bits per heavy atom. The fraction of sp³-hybridized carbons (Fsp3) is 0.118. The molecule has 5 heteroatoms. The van der Waals surface area contributed by atoms with Gasteiger partial charge in [0.2, 0.25) is 5.91 Å². The van der Waals surface area contributed by atoms with Crippen molar-refractivity contribution in [1.82, 2.24) is 0 Å². The van der Waals surface area contributed by atoms with Crippen LogP contribution in [0.25, 0.3) is 6.08 Å². The molecule has 1 heterocycles. The number of benzene rings is 2. The van der Waals surface area contributed by atoms with Crippen LogP contribution in [-0.4, -0.2) is 19.1 Å². The fourth-order valence-corrected chi connectivity index (χ4v) is 2.49. The van der Waals surface area contributed by atoms with Crippen molar-refractivity contribution in [2.45, 2.75) is 0 Å². The molecule has 1 N–H and O–H groups in total. The van der Waals surface area contributed by atoms with Gasteiger partial charge in [-0.05, 0) is 27.6 Å². The van der Waals surface area contributed by atoms with Crippen molar-refractivity contribution in [2.24, 2.45) is 0 Å². The molecule has 2 aromatic rings. The Morgan fingerprint density at radius 2 is 1.77 bits per heavy atom. The standard InChI is InChI=1S/C17H14BrNO3/c18-13-10-15-16(22-9-8-21-15)11-14(13)19-17(20)7-6-12-4-2-1-3-5-12/h1-7,10-11H,8-9H2,(H,19,20)/b7-6+. The lowest BCUT2D eigenvalue weighted by Gasteiger charge is -2.19. The lowest BCUT2D eigenvalue weighted by molar-refractivity contribution is -0.111. The van der Waals surface area contributed by atoms with E-state index in [1.54, 1.807) is 18.2 Å². The molecule has 1 amide bonds. The van der Waals surface area contributed by atoms with Crippen LogP contribution in [0.3, 0.4) is 0 Å². The van der Waals surface area contributed by atoms with E-state index in [-0.39, 0.29) is 5.91 Å². The average molecular weight is 360 g/mol. The second kappa shape index (κ2) is 6.66. The minimum atomic E-state index is -0.207. The summed E-state index contributed by atoms with van der Waals surface area (Å²) in [6, 6.07) is 13.2. The lowest BCUT2D eigenvalue weighted by Crippen LogP contribution is -2.16. The predicted octanol–water partition coefficient (Wildman–Crippen LogP) is 3.87. The zero-order valence-corrected chi connectivity index (χ0v) is 13.3. The Bertz CT molecular complexity index is 713. The number of hydrogen-bond donors (Lipinski definition) is 1. The van der Waals surface area contributed by atoms with Gasteiger partial charge in [0, 0.05) is 22.7 Å². The maximum atomic E-state index is 12.0. The maximum absolute atomic E-state index is 12.0. The van der Waals surface area contributed by atoms with Crippen LogP contribution in [0.5, 0.6) is 11.5 Å². The molecule has 112 valence electrons. The third-order valence-corrected chi connectivity index (χ3v) is 3.77. The second-order valence-electron chi connectivity index (χ2n) is 4.71. The summed E-state index contributed by atoms with van der Waals surface area (Å²) in [6.07, 6.45) is 3.26. The summed E-state index contributed by atoms with van der Waals surface area (Å²) >= 11 is 3.43. The summed E-state index contributed by atoms with van der Waals surface area (Å²) in [7, 11) is 0. The highest BCUT2D eigenvalue weighted by Gasteiger charge is 2.15. The molecular formula is C17H14BrNO3. The zero-order chi connectivity index (χ0) is 15.4. The minimum absolute atomic E-state index is 0.207. The monoisotopic (exact) mass is 359 g/mol. The van der Waals surface area contributed by atoms with E-state index in [0.29, 0.717) is 30.4 Å². The van der Waals surface area contributed by atoms with Crippen LogP contribution in [0.2, 0.25) is 0 Å². The quantitative estimate of drug-likeness (QED) is 0.846. The first-order valence-corrected chi connectivity index (χ1v) is 7.65. The average Bonchev–Trinajstić information content (AvgIpc) is 2.55. The van der Waals surface area contributed by atoms with E-state index in [2.05, 4.69) is 21.2 Å². The van der Waals surface area contributed by atoms with Gasteiger partial charge in [-0.25, -0.2) is 0 Å². The summed E-state index contributed by atoms with van der Waals surface area (Å²) in [6.45, 7) is 1.04. The molecule has 0 spiro atoms. The van der Waals surface area contributed by atoms with Gasteiger partial charge in [0.25, 0.3) is 0 Å². The first-order chi connectivity index (χ1) is 10.7. The van der Waals surface area contributed by atoms with Crippen LogP contribution in [0.4, 0.5) is 5.69 Å². The van der Waals surface area contributed by atoms with Crippen molar-refractivity contribution >= 4 is 33.6 Å². The highest BCUT2D eigenvalue weighted by molar-refractivity contribution is 9.10. The number of nitrogens with one attached hydrogen (secondary N) is 1. The number of anilines is 1. The van der Waals surface area contributed by atoms with E-state index in [1.807, 2.05) is 30.3 Å². The van der Waals surface area contributed by atoms with E-state index in [4.69, 9.17) is 9.47 Å². The molecule has 0 saturated carbocycles. The SMILES string of the molecule is O=C(/C=C/c1ccccc1)Nc1cc2c(cc1Br)OCCO2. The lowest BCUT2D eigenvalue weighted by atomic mass is 10.2. The number of ether oxygens (including phenoxy) is 2. The van der Waals surface area contributed by atoms with E-state index in [1.165, 1.54) is 6.08 Å². The van der Waals surface area contributed by atoms with Crippen molar-refractivity contribution in [2.75, 3.05) is 18.5 Å². The van der Waals surface area contributed by atoms with Gasteiger partial charge in [0.1, 0.15) is 13.2 Å². The fourth-order valence-electron chi connectivity index (χ4n) is 2.07.